The average molecular weight is 383 g/mol. The van der Waals surface area contributed by atoms with Crippen LogP contribution in [0.25, 0.3) is 11.3 Å². The molecule has 136 valence electrons. The number of quaternary nitrogens is 1. The highest BCUT2D eigenvalue weighted by molar-refractivity contribution is 7.14. The summed E-state index contributed by atoms with van der Waals surface area (Å²) in [5, 5.41) is 15.0. The molecule has 7 heteroatoms. The number of hydrogen-bond acceptors (Lipinski definition) is 4. The van der Waals surface area contributed by atoms with Crippen molar-refractivity contribution >= 4 is 34.0 Å². The molecule has 1 aromatic carbocycles. The standard InChI is InChI=1S/C17H21N3O2S.CH3Cl/c18-9-16(22)20-17-19-15(10-23-17)13-3-1-2-12(8-13)11-4-6-14(21)7-5-11;1-2/h1-3,8,10-11,14,21H,4-7,9,18H2,(H,19,20,22);1H3/p+1. The maximum atomic E-state index is 11.4. The van der Waals surface area contributed by atoms with Crippen LogP contribution < -0.4 is 11.1 Å². The second-order valence-electron chi connectivity index (χ2n) is 5.97. The molecule has 1 heterocycles. The van der Waals surface area contributed by atoms with E-state index < -0.39 is 0 Å². The van der Waals surface area contributed by atoms with Gasteiger partial charge in [-0.3, -0.25) is 10.1 Å². The van der Waals surface area contributed by atoms with E-state index in [-0.39, 0.29) is 18.6 Å². The van der Waals surface area contributed by atoms with E-state index in [0.717, 1.165) is 36.9 Å². The van der Waals surface area contributed by atoms with Gasteiger partial charge in [-0.05, 0) is 43.2 Å². The summed E-state index contributed by atoms with van der Waals surface area (Å²) < 4.78 is 0. The molecule has 5 nitrogen and oxygen atoms in total. The number of anilines is 1. The molecule has 0 bridgehead atoms. The third-order valence-electron chi connectivity index (χ3n) is 4.33. The van der Waals surface area contributed by atoms with Gasteiger partial charge in [0, 0.05) is 17.3 Å². The van der Waals surface area contributed by atoms with Gasteiger partial charge in [0.15, 0.2) is 11.7 Å². The van der Waals surface area contributed by atoms with Gasteiger partial charge in [-0.25, -0.2) is 4.98 Å². The Bertz CT molecular complexity index is 684. The largest absolute Gasteiger partial charge is 0.393 e. The lowest BCUT2D eigenvalue weighted by Gasteiger charge is -2.25. The first kappa shape index (κ1) is 19.8. The van der Waals surface area contributed by atoms with Crippen LogP contribution in [0.2, 0.25) is 0 Å². The summed E-state index contributed by atoms with van der Waals surface area (Å²) in [6.07, 6.45) is 5.17. The van der Waals surface area contributed by atoms with Crippen molar-refractivity contribution in [3.8, 4) is 11.3 Å². The van der Waals surface area contributed by atoms with Crippen molar-refractivity contribution in [1.29, 1.82) is 0 Å². The number of nitrogens with one attached hydrogen (secondary N) is 1. The fraction of sp³-hybridized carbons (Fsp3) is 0.444. The maximum Gasteiger partial charge on any atom is 0.281 e. The lowest BCUT2D eigenvalue weighted by Crippen LogP contribution is -2.55. The number of aliphatic hydroxyl groups is 1. The molecule has 0 radical (unpaired) electrons. The lowest BCUT2D eigenvalue weighted by atomic mass is 9.82. The van der Waals surface area contributed by atoms with E-state index in [4.69, 9.17) is 0 Å². The number of aromatic nitrogens is 1. The summed E-state index contributed by atoms with van der Waals surface area (Å²) in [5.74, 6) is 0.391. The molecule has 0 atom stereocenters. The van der Waals surface area contributed by atoms with Gasteiger partial charge < -0.3 is 10.8 Å². The Labute approximate surface area is 157 Å². The van der Waals surface area contributed by atoms with Crippen LogP contribution in [-0.4, -0.2) is 35.0 Å². The molecular formula is C18H25ClN3O2S+. The number of thiazole rings is 1. The molecule has 1 aromatic heterocycles. The van der Waals surface area contributed by atoms with Crippen molar-refractivity contribution in [2.24, 2.45) is 0 Å². The minimum absolute atomic E-state index is 0.125. The van der Waals surface area contributed by atoms with Crippen LogP contribution in [-0.2, 0) is 4.79 Å². The summed E-state index contributed by atoms with van der Waals surface area (Å²) >= 11 is 6.06. The Hall–Kier alpha value is -1.47. The predicted molar refractivity (Wildman–Crippen MR) is 103 cm³/mol. The number of carbonyl (C=O) groups is 1. The zero-order chi connectivity index (χ0) is 18.2. The maximum absolute atomic E-state index is 11.4. The number of benzene rings is 1. The fourth-order valence-electron chi connectivity index (χ4n) is 3.01. The lowest BCUT2D eigenvalue weighted by molar-refractivity contribution is -0.353. The summed E-state index contributed by atoms with van der Waals surface area (Å²) in [5.41, 5.74) is 6.82. The Morgan fingerprint density at radius 1 is 1.36 bits per heavy atom. The van der Waals surface area contributed by atoms with Crippen molar-refractivity contribution in [2.45, 2.75) is 37.7 Å². The minimum atomic E-state index is -0.132. The fourth-order valence-corrected chi connectivity index (χ4v) is 3.74. The summed E-state index contributed by atoms with van der Waals surface area (Å²) in [6.45, 7) is 0.206. The molecule has 5 N–H and O–H groups in total. The monoisotopic (exact) mass is 382 g/mol. The van der Waals surface area contributed by atoms with E-state index in [9.17, 15) is 9.90 Å². The normalized spacial score (nSPS) is 19.7. The van der Waals surface area contributed by atoms with E-state index in [1.54, 1.807) is 0 Å². The van der Waals surface area contributed by atoms with Crippen molar-refractivity contribution in [2.75, 3.05) is 18.2 Å². The molecule has 1 aliphatic rings. The van der Waals surface area contributed by atoms with Crippen molar-refractivity contribution < 1.29 is 15.6 Å². The first-order valence-corrected chi connectivity index (χ1v) is 10.00. The second kappa shape index (κ2) is 9.87. The van der Waals surface area contributed by atoms with Gasteiger partial charge >= 0.3 is 0 Å². The van der Waals surface area contributed by atoms with Gasteiger partial charge in [0.1, 0.15) is 0 Å². The number of alkyl halides is 1. The van der Waals surface area contributed by atoms with Crippen LogP contribution in [0.5, 0.6) is 0 Å². The molecular weight excluding hydrogens is 358 g/mol. The number of carbonyl (C=O) groups excluding carboxylic acids is 1. The van der Waals surface area contributed by atoms with Crippen molar-refractivity contribution in [3.05, 3.63) is 35.2 Å². The molecule has 25 heavy (non-hydrogen) atoms. The molecule has 1 fully saturated rings. The summed E-state index contributed by atoms with van der Waals surface area (Å²) in [6, 6.07) is 8.44. The number of halogens is 1. The van der Waals surface area contributed by atoms with Gasteiger partial charge in [0.25, 0.3) is 5.91 Å². The Balaban J connectivity index is 0.00000109. The van der Waals surface area contributed by atoms with Gasteiger partial charge in [-0.15, -0.1) is 22.9 Å². The van der Waals surface area contributed by atoms with Crippen LogP contribution in [0.4, 0.5) is 5.13 Å². The number of rotatable bonds is 4. The SMILES string of the molecule is CCl.[NH3+]CC(=O)Nc1nc(-c2cccc(C3CCC(O)CC3)c2)cs1. The highest BCUT2D eigenvalue weighted by Crippen LogP contribution is 2.35. The molecule has 0 spiro atoms. The average Bonchev–Trinajstić information content (AvgIpc) is 3.12. The topological polar surface area (TPSA) is 89.9 Å². The molecule has 0 aliphatic heterocycles. The third kappa shape index (κ3) is 5.51. The Kier molecular flexibility index (Phi) is 7.84. The number of amides is 1. The van der Waals surface area contributed by atoms with Crippen molar-refractivity contribution in [1.82, 2.24) is 4.98 Å². The van der Waals surface area contributed by atoms with Gasteiger partial charge in [-0.2, -0.15) is 0 Å². The number of nitrogens with zero attached hydrogens (tertiary/aromatic N) is 1. The molecule has 0 saturated heterocycles. The molecule has 2 aromatic rings. The third-order valence-corrected chi connectivity index (χ3v) is 5.09. The molecule has 3 rings (SSSR count). The summed E-state index contributed by atoms with van der Waals surface area (Å²) in [4.78, 5) is 15.9. The smallest absolute Gasteiger partial charge is 0.281 e. The molecule has 1 saturated carbocycles. The quantitative estimate of drug-likeness (QED) is 0.710. The van der Waals surface area contributed by atoms with Crippen molar-refractivity contribution in [3.63, 3.8) is 0 Å². The molecule has 0 unspecified atom stereocenters. The van der Waals surface area contributed by atoms with Crippen LogP contribution in [0.1, 0.15) is 37.2 Å². The Morgan fingerprint density at radius 2 is 2.08 bits per heavy atom. The van der Waals surface area contributed by atoms with Crippen LogP contribution in [0.3, 0.4) is 0 Å². The van der Waals surface area contributed by atoms with E-state index in [0.29, 0.717) is 11.0 Å². The summed E-state index contributed by atoms with van der Waals surface area (Å²) in [7, 11) is 0. The Morgan fingerprint density at radius 3 is 2.76 bits per heavy atom. The van der Waals surface area contributed by atoms with E-state index in [1.807, 2.05) is 11.4 Å². The highest BCUT2D eigenvalue weighted by Gasteiger charge is 2.21. The van der Waals surface area contributed by atoms with E-state index >= 15 is 0 Å². The second-order valence-corrected chi connectivity index (χ2v) is 6.83. The molecule has 1 aliphatic carbocycles. The minimum Gasteiger partial charge on any atom is -0.393 e. The predicted octanol–water partition coefficient (Wildman–Crippen LogP) is 2.86. The number of aliphatic hydroxyl groups excluding tert-OH is 1. The zero-order valence-electron chi connectivity index (χ0n) is 14.4. The zero-order valence-corrected chi connectivity index (χ0v) is 15.9. The first-order chi connectivity index (χ1) is 12.2. The molecule has 1 amide bonds. The highest BCUT2D eigenvalue weighted by atomic mass is 35.5. The first-order valence-electron chi connectivity index (χ1n) is 8.36. The van der Waals surface area contributed by atoms with E-state index in [2.05, 4.69) is 45.8 Å². The van der Waals surface area contributed by atoms with Crippen LogP contribution >= 0.6 is 22.9 Å². The van der Waals surface area contributed by atoms with Gasteiger partial charge in [-0.1, -0.05) is 18.2 Å². The van der Waals surface area contributed by atoms with Gasteiger partial charge in [0.05, 0.1) is 11.8 Å². The van der Waals surface area contributed by atoms with Crippen LogP contribution in [0.15, 0.2) is 29.6 Å². The van der Waals surface area contributed by atoms with E-state index in [1.165, 1.54) is 23.3 Å². The van der Waals surface area contributed by atoms with Crippen LogP contribution in [0, 0.1) is 0 Å². The number of hydrogen-bond donors (Lipinski definition) is 3. The van der Waals surface area contributed by atoms with Gasteiger partial charge in [0.2, 0.25) is 0 Å².